The van der Waals surface area contributed by atoms with Crippen molar-refractivity contribution < 1.29 is 19.2 Å². The van der Waals surface area contributed by atoms with Gasteiger partial charge in [-0.3, -0.25) is 9.59 Å². The van der Waals surface area contributed by atoms with Gasteiger partial charge >= 0.3 is 0 Å². The lowest BCUT2D eigenvalue weighted by atomic mass is 10.1. The van der Waals surface area contributed by atoms with Crippen molar-refractivity contribution in [3.63, 3.8) is 0 Å². The van der Waals surface area contributed by atoms with E-state index in [0.717, 1.165) is 33.0 Å². The predicted molar refractivity (Wildman–Crippen MR) is 115 cm³/mol. The van der Waals surface area contributed by atoms with Crippen molar-refractivity contribution >= 4 is 17.5 Å². The highest BCUT2D eigenvalue weighted by Gasteiger charge is 2.24. The minimum Gasteiger partial charge on any atom is -0.497 e. The summed E-state index contributed by atoms with van der Waals surface area (Å²) >= 11 is 0. The quantitative estimate of drug-likeness (QED) is 0.635. The van der Waals surface area contributed by atoms with Crippen molar-refractivity contribution in [2.24, 2.45) is 0 Å². The van der Waals surface area contributed by atoms with E-state index >= 15 is 0 Å². The van der Waals surface area contributed by atoms with Crippen LogP contribution in [0.2, 0.25) is 0 Å². The summed E-state index contributed by atoms with van der Waals surface area (Å²) in [6, 6.07) is 11.3. The number of likely N-dealkylation sites (N-methyl/N-ethyl adjacent to an activating group) is 1. The third-order valence-electron chi connectivity index (χ3n) is 5.14. The molecule has 0 aliphatic rings. The van der Waals surface area contributed by atoms with E-state index in [0.29, 0.717) is 6.54 Å². The summed E-state index contributed by atoms with van der Waals surface area (Å²) < 4.78 is 5.14. The van der Waals surface area contributed by atoms with Crippen molar-refractivity contribution in [2.45, 2.75) is 40.3 Å². The Bertz CT molecular complexity index is 839. The fourth-order valence-corrected chi connectivity index (χ4v) is 3.28. The van der Waals surface area contributed by atoms with E-state index in [2.05, 4.69) is 22.8 Å². The molecule has 0 spiro atoms. The molecule has 2 amide bonds. The number of anilines is 1. The standard InChI is InChI=1S/C23H31N3O3/c1-15-11-16(2)22(17(3)12-15)25-21(27)14-26(5)18(4)23(28)24-13-19-7-9-20(29-6)10-8-19/h7-12,18H,13-14H2,1-6H3,(H,24,28)(H,25,27)/p+1/t18-/m0/s1. The van der Waals surface area contributed by atoms with Gasteiger partial charge in [-0.15, -0.1) is 0 Å². The van der Waals surface area contributed by atoms with Gasteiger partial charge in [0.1, 0.15) is 5.75 Å². The van der Waals surface area contributed by atoms with Crippen LogP contribution in [-0.2, 0) is 16.1 Å². The van der Waals surface area contributed by atoms with Crippen LogP contribution in [0.5, 0.6) is 5.75 Å². The Labute approximate surface area is 173 Å². The number of amides is 2. The number of nitrogens with one attached hydrogen (secondary N) is 3. The average Bonchev–Trinajstić information content (AvgIpc) is 2.68. The van der Waals surface area contributed by atoms with Crippen LogP contribution < -0.4 is 20.3 Å². The second kappa shape index (κ2) is 10.1. The maximum Gasteiger partial charge on any atom is 0.279 e. The first-order valence-corrected chi connectivity index (χ1v) is 9.82. The Kier molecular flexibility index (Phi) is 7.79. The molecule has 0 saturated heterocycles. The highest BCUT2D eigenvalue weighted by Crippen LogP contribution is 2.21. The van der Waals surface area contributed by atoms with Gasteiger partial charge in [0.15, 0.2) is 12.6 Å². The highest BCUT2D eigenvalue weighted by molar-refractivity contribution is 5.93. The third-order valence-corrected chi connectivity index (χ3v) is 5.14. The van der Waals surface area contributed by atoms with Crippen LogP contribution in [0.4, 0.5) is 5.69 Å². The molecule has 2 aromatic rings. The number of hydrogen-bond donors (Lipinski definition) is 3. The van der Waals surface area contributed by atoms with E-state index in [-0.39, 0.29) is 24.4 Å². The van der Waals surface area contributed by atoms with Crippen LogP contribution in [0, 0.1) is 20.8 Å². The zero-order valence-electron chi connectivity index (χ0n) is 18.2. The Morgan fingerprint density at radius 2 is 1.66 bits per heavy atom. The molecule has 2 aromatic carbocycles. The lowest BCUT2D eigenvalue weighted by Gasteiger charge is -2.21. The van der Waals surface area contributed by atoms with Crippen LogP contribution in [0.25, 0.3) is 0 Å². The monoisotopic (exact) mass is 398 g/mol. The molecular weight excluding hydrogens is 366 g/mol. The number of carbonyl (C=O) groups excluding carboxylic acids is 2. The van der Waals surface area contributed by atoms with Crippen LogP contribution in [0.1, 0.15) is 29.2 Å². The van der Waals surface area contributed by atoms with Gasteiger partial charge in [0, 0.05) is 12.2 Å². The number of benzene rings is 2. The molecule has 6 nitrogen and oxygen atoms in total. The number of carbonyl (C=O) groups is 2. The van der Waals surface area contributed by atoms with Gasteiger partial charge in [-0.25, -0.2) is 0 Å². The van der Waals surface area contributed by atoms with Crippen molar-refractivity contribution in [2.75, 3.05) is 26.0 Å². The first kappa shape index (κ1) is 22.4. The number of ether oxygens (including phenoxy) is 1. The van der Waals surface area contributed by atoms with Gasteiger partial charge in [-0.1, -0.05) is 29.8 Å². The van der Waals surface area contributed by atoms with E-state index in [1.807, 2.05) is 59.0 Å². The van der Waals surface area contributed by atoms with Crippen molar-refractivity contribution in [3.05, 3.63) is 58.7 Å². The lowest BCUT2D eigenvalue weighted by molar-refractivity contribution is -0.885. The molecule has 6 heteroatoms. The lowest BCUT2D eigenvalue weighted by Crippen LogP contribution is -3.15. The van der Waals surface area contributed by atoms with Crippen molar-refractivity contribution in [1.82, 2.24) is 5.32 Å². The molecular formula is C23H32N3O3+. The van der Waals surface area contributed by atoms with Crippen LogP contribution in [0.3, 0.4) is 0 Å². The van der Waals surface area contributed by atoms with E-state index in [4.69, 9.17) is 4.74 Å². The number of methoxy groups -OCH3 is 1. The largest absolute Gasteiger partial charge is 0.497 e. The number of hydrogen-bond acceptors (Lipinski definition) is 3. The van der Waals surface area contributed by atoms with E-state index in [1.54, 1.807) is 7.11 Å². The van der Waals surface area contributed by atoms with Crippen LogP contribution >= 0.6 is 0 Å². The molecule has 0 bridgehead atoms. The summed E-state index contributed by atoms with van der Waals surface area (Å²) in [6.45, 7) is 8.49. The second-order valence-corrected chi connectivity index (χ2v) is 7.63. The maximum atomic E-state index is 12.5. The molecule has 0 aliphatic heterocycles. The summed E-state index contributed by atoms with van der Waals surface area (Å²) in [7, 11) is 3.47. The average molecular weight is 399 g/mol. The molecule has 29 heavy (non-hydrogen) atoms. The molecule has 2 rings (SSSR count). The Morgan fingerprint density at radius 1 is 1.07 bits per heavy atom. The predicted octanol–water partition coefficient (Wildman–Crippen LogP) is 1.78. The van der Waals surface area contributed by atoms with Gasteiger partial charge in [0.25, 0.3) is 11.8 Å². The Hall–Kier alpha value is -2.86. The number of rotatable bonds is 8. The first-order valence-electron chi connectivity index (χ1n) is 9.82. The minimum atomic E-state index is -0.348. The van der Waals surface area contributed by atoms with E-state index in [1.165, 1.54) is 5.56 Å². The summed E-state index contributed by atoms with van der Waals surface area (Å²) in [5.41, 5.74) is 5.09. The number of quaternary nitrogens is 1. The molecule has 0 fully saturated rings. The molecule has 0 aliphatic carbocycles. The molecule has 0 radical (unpaired) electrons. The molecule has 0 heterocycles. The molecule has 2 atom stereocenters. The minimum absolute atomic E-state index is 0.0891. The van der Waals surface area contributed by atoms with Gasteiger partial charge < -0.3 is 20.3 Å². The fourth-order valence-electron chi connectivity index (χ4n) is 3.28. The maximum absolute atomic E-state index is 12.5. The smallest absolute Gasteiger partial charge is 0.279 e. The van der Waals surface area contributed by atoms with Gasteiger partial charge in [0.05, 0.1) is 14.2 Å². The van der Waals surface area contributed by atoms with Crippen LogP contribution in [0.15, 0.2) is 36.4 Å². The Balaban J connectivity index is 1.87. The summed E-state index contributed by atoms with van der Waals surface area (Å²) in [5.74, 6) is 0.587. The summed E-state index contributed by atoms with van der Waals surface area (Å²) in [6.07, 6.45) is 0. The van der Waals surface area contributed by atoms with E-state index in [9.17, 15) is 9.59 Å². The normalized spacial score (nSPS) is 12.8. The van der Waals surface area contributed by atoms with Crippen LogP contribution in [-0.4, -0.2) is 38.6 Å². The second-order valence-electron chi connectivity index (χ2n) is 7.63. The highest BCUT2D eigenvalue weighted by atomic mass is 16.5. The fraction of sp³-hybridized carbons (Fsp3) is 0.391. The molecule has 3 N–H and O–H groups in total. The zero-order valence-corrected chi connectivity index (χ0v) is 18.2. The molecule has 156 valence electrons. The first-order chi connectivity index (χ1) is 13.7. The van der Waals surface area contributed by atoms with Crippen molar-refractivity contribution in [3.8, 4) is 5.75 Å². The third kappa shape index (κ3) is 6.32. The molecule has 0 saturated carbocycles. The van der Waals surface area contributed by atoms with Gasteiger partial charge in [-0.05, 0) is 56.5 Å². The van der Waals surface area contributed by atoms with Gasteiger partial charge in [0.2, 0.25) is 0 Å². The Morgan fingerprint density at radius 3 is 2.21 bits per heavy atom. The zero-order chi connectivity index (χ0) is 21.6. The van der Waals surface area contributed by atoms with E-state index < -0.39 is 0 Å². The SMILES string of the molecule is COc1ccc(CNC(=O)[C@H](C)[NH+](C)CC(=O)Nc2c(C)cc(C)cc2C)cc1. The number of aryl methyl sites for hydroxylation is 3. The molecule has 0 aromatic heterocycles. The molecule has 1 unspecified atom stereocenters. The topological polar surface area (TPSA) is 71.9 Å². The van der Waals surface area contributed by atoms with Crippen molar-refractivity contribution in [1.29, 1.82) is 0 Å². The summed E-state index contributed by atoms with van der Waals surface area (Å²) in [5, 5.41) is 5.93. The summed E-state index contributed by atoms with van der Waals surface area (Å²) in [4.78, 5) is 25.8. The van der Waals surface area contributed by atoms with Gasteiger partial charge in [-0.2, -0.15) is 0 Å².